The van der Waals surface area contributed by atoms with Gasteiger partial charge in [-0.1, -0.05) is 20.3 Å². The molecule has 2 N–H and O–H groups in total. The zero-order chi connectivity index (χ0) is 18.0. The van der Waals surface area contributed by atoms with Crippen LogP contribution in [-0.2, 0) is 0 Å². The van der Waals surface area contributed by atoms with E-state index in [0.29, 0.717) is 23.2 Å². The minimum absolute atomic E-state index is 0.0687. The number of rotatable bonds is 5. The topological polar surface area (TPSA) is 93.6 Å². The molecule has 0 bridgehead atoms. The van der Waals surface area contributed by atoms with Crippen molar-refractivity contribution >= 4 is 17.5 Å². The number of likely N-dealkylation sites (tertiary alicyclic amines) is 1. The van der Waals surface area contributed by atoms with Crippen molar-refractivity contribution < 1.29 is 9.59 Å². The maximum Gasteiger partial charge on any atom is 0.272 e. The van der Waals surface area contributed by atoms with Crippen molar-refractivity contribution in [2.24, 2.45) is 17.6 Å². The molecule has 1 saturated heterocycles. The molecule has 1 atom stereocenters. The summed E-state index contributed by atoms with van der Waals surface area (Å²) in [6, 6.07) is 1.64. The smallest absolute Gasteiger partial charge is 0.272 e. The predicted octanol–water partition coefficient (Wildman–Crippen LogP) is 2.12. The number of carbonyl (C=O) groups is 2. The molecule has 2 aromatic rings. The standard InChI is InChI=1S/C18H25N5O2/c1-12(2)5-6-13-4-3-9-22(11-13)18(25)15-7-8-20-17-14(16(19)24)10-21-23(15)17/h7-8,10,12-13H,3-6,9,11H2,1-2H3,(H2,19,24). The van der Waals surface area contributed by atoms with Crippen LogP contribution in [0.5, 0.6) is 0 Å². The number of piperidine rings is 1. The Balaban J connectivity index is 1.81. The van der Waals surface area contributed by atoms with Gasteiger partial charge in [0.1, 0.15) is 11.3 Å². The van der Waals surface area contributed by atoms with Gasteiger partial charge < -0.3 is 10.6 Å². The number of fused-ring (bicyclic) bond motifs is 1. The molecule has 2 aromatic heterocycles. The van der Waals surface area contributed by atoms with Crippen LogP contribution < -0.4 is 5.73 Å². The molecule has 7 nitrogen and oxygen atoms in total. The summed E-state index contributed by atoms with van der Waals surface area (Å²) in [6.07, 6.45) is 7.43. The average Bonchev–Trinajstić information content (AvgIpc) is 3.04. The lowest BCUT2D eigenvalue weighted by atomic mass is 9.90. The third-order valence-electron chi connectivity index (χ3n) is 4.84. The molecular formula is C18H25N5O2. The number of aromatic nitrogens is 3. The van der Waals surface area contributed by atoms with Crippen molar-refractivity contribution in [2.75, 3.05) is 13.1 Å². The molecule has 25 heavy (non-hydrogen) atoms. The van der Waals surface area contributed by atoms with Gasteiger partial charge in [0, 0.05) is 19.3 Å². The SMILES string of the molecule is CC(C)CCC1CCCN(C(=O)c2ccnc3c(C(N)=O)cnn23)C1. The monoisotopic (exact) mass is 343 g/mol. The number of primary amides is 1. The van der Waals surface area contributed by atoms with Crippen LogP contribution in [0.25, 0.3) is 5.65 Å². The van der Waals surface area contributed by atoms with Crippen LogP contribution in [0.2, 0.25) is 0 Å². The van der Waals surface area contributed by atoms with E-state index in [1.54, 1.807) is 6.07 Å². The van der Waals surface area contributed by atoms with E-state index in [4.69, 9.17) is 5.73 Å². The lowest BCUT2D eigenvalue weighted by Gasteiger charge is -2.33. The summed E-state index contributed by atoms with van der Waals surface area (Å²) in [4.78, 5) is 30.5. The van der Waals surface area contributed by atoms with E-state index >= 15 is 0 Å². The van der Waals surface area contributed by atoms with Gasteiger partial charge in [0.2, 0.25) is 0 Å². The predicted molar refractivity (Wildman–Crippen MR) is 94.2 cm³/mol. The summed E-state index contributed by atoms with van der Waals surface area (Å²) in [6.45, 7) is 5.99. The first-order valence-corrected chi connectivity index (χ1v) is 8.89. The van der Waals surface area contributed by atoms with E-state index in [1.807, 2.05) is 4.90 Å². The highest BCUT2D eigenvalue weighted by molar-refractivity contribution is 5.99. The fourth-order valence-electron chi connectivity index (χ4n) is 3.44. The Kier molecular flexibility index (Phi) is 5.01. The van der Waals surface area contributed by atoms with Crippen LogP contribution in [0.1, 0.15) is 60.4 Å². The van der Waals surface area contributed by atoms with Crippen LogP contribution >= 0.6 is 0 Å². The third kappa shape index (κ3) is 3.65. The van der Waals surface area contributed by atoms with Crippen LogP contribution in [0.4, 0.5) is 0 Å². The van der Waals surface area contributed by atoms with E-state index in [1.165, 1.54) is 29.8 Å². The van der Waals surface area contributed by atoms with Gasteiger partial charge in [-0.25, -0.2) is 9.50 Å². The number of nitrogens with two attached hydrogens (primary N) is 1. The van der Waals surface area contributed by atoms with Gasteiger partial charge in [-0.3, -0.25) is 9.59 Å². The average molecular weight is 343 g/mol. The van der Waals surface area contributed by atoms with E-state index in [-0.39, 0.29) is 11.5 Å². The van der Waals surface area contributed by atoms with Crippen molar-refractivity contribution in [1.82, 2.24) is 19.5 Å². The number of amides is 2. The molecular weight excluding hydrogens is 318 g/mol. The molecule has 0 aromatic carbocycles. The van der Waals surface area contributed by atoms with Gasteiger partial charge in [-0.05, 0) is 37.2 Å². The normalized spacial score (nSPS) is 18.0. The Labute approximate surface area is 147 Å². The molecule has 7 heteroatoms. The summed E-state index contributed by atoms with van der Waals surface area (Å²) in [5.74, 6) is 0.568. The van der Waals surface area contributed by atoms with Crippen LogP contribution in [0.3, 0.4) is 0 Å². The fourth-order valence-corrected chi connectivity index (χ4v) is 3.44. The molecule has 1 unspecified atom stereocenters. The molecule has 0 spiro atoms. The molecule has 1 aliphatic rings. The first-order valence-electron chi connectivity index (χ1n) is 8.89. The van der Waals surface area contributed by atoms with Gasteiger partial charge in [0.25, 0.3) is 11.8 Å². The van der Waals surface area contributed by atoms with Crippen molar-refractivity contribution in [1.29, 1.82) is 0 Å². The van der Waals surface area contributed by atoms with E-state index in [2.05, 4.69) is 23.9 Å². The maximum atomic E-state index is 13.0. The second-order valence-corrected chi connectivity index (χ2v) is 7.22. The van der Waals surface area contributed by atoms with Crippen molar-refractivity contribution in [3.05, 3.63) is 29.7 Å². The molecule has 3 rings (SSSR count). The maximum absolute atomic E-state index is 13.0. The number of hydrogen-bond donors (Lipinski definition) is 1. The van der Waals surface area contributed by atoms with Gasteiger partial charge in [-0.2, -0.15) is 5.10 Å². The summed E-state index contributed by atoms with van der Waals surface area (Å²) in [5, 5.41) is 4.14. The fraction of sp³-hybridized carbons (Fsp3) is 0.556. The Morgan fingerprint density at radius 3 is 2.92 bits per heavy atom. The number of hydrogen-bond acceptors (Lipinski definition) is 4. The third-order valence-corrected chi connectivity index (χ3v) is 4.84. The lowest BCUT2D eigenvalue weighted by Crippen LogP contribution is -2.40. The first kappa shape index (κ1) is 17.4. The molecule has 1 fully saturated rings. The van der Waals surface area contributed by atoms with Gasteiger partial charge >= 0.3 is 0 Å². The highest BCUT2D eigenvalue weighted by atomic mass is 16.2. The lowest BCUT2D eigenvalue weighted by molar-refractivity contribution is 0.0655. The minimum Gasteiger partial charge on any atom is -0.365 e. The van der Waals surface area contributed by atoms with Crippen LogP contribution in [0.15, 0.2) is 18.5 Å². The van der Waals surface area contributed by atoms with Crippen molar-refractivity contribution in [3.8, 4) is 0 Å². The summed E-state index contributed by atoms with van der Waals surface area (Å²) >= 11 is 0. The second kappa shape index (κ2) is 7.21. The van der Waals surface area contributed by atoms with Gasteiger partial charge in [-0.15, -0.1) is 0 Å². The molecule has 0 aliphatic carbocycles. The Morgan fingerprint density at radius 2 is 2.20 bits per heavy atom. The van der Waals surface area contributed by atoms with Crippen molar-refractivity contribution in [2.45, 2.75) is 39.5 Å². The van der Waals surface area contributed by atoms with E-state index in [0.717, 1.165) is 25.9 Å². The van der Waals surface area contributed by atoms with Gasteiger partial charge in [0.05, 0.1) is 6.20 Å². The zero-order valence-electron chi connectivity index (χ0n) is 14.8. The quantitative estimate of drug-likeness (QED) is 0.900. The molecule has 0 radical (unpaired) electrons. The Bertz CT molecular complexity index is 783. The highest BCUT2D eigenvalue weighted by Gasteiger charge is 2.26. The molecule has 3 heterocycles. The molecule has 134 valence electrons. The van der Waals surface area contributed by atoms with Crippen LogP contribution in [-0.4, -0.2) is 44.4 Å². The second-order valence-electron chi connectivity index (χ2n) is 7.22. The Morgan fingerprint density at radius 1 is 1.40 bits per heavy atom. The van der Waals surface area contributed by atoms with E-state index in [9.17, 15) is 9.59 Å². The summed E-state index contributed by atoms with van der Waals surface area (Å²) < 4.78 is 1.42. The van der Waals surface area contributed by atoms with E-state index < -0.39 is 5.91 Å². The highest BCUT2D eigenvalue weighted by Crippen LogP contribution is 2.24. The summed E-state index contributed by atoms with van der Waals surface area (Å²) in [5.41, 5.74) is 6.31. The molecule has 0 saturated carbocycles. The van der Waals surface area contributed by atoms with Gasteiger partial charge in [0.15, 0.2) is 5.65 Å². The number of carbonyl (C=O) groups excluding carboxylic acids is 2. The van der Waals surface area contributed by atoms with Crippen LogP contribution in [0, 0.1) is 11.8 Å². The largest absolute Gasteiger partial charge is 0.365 e. The molecule has 2 amide bonds. The first-order chi connectivity index (χ1) is 12.0. The zero-order valence-corrected chi connectivity index (χ0v) is 14.8. The Hall–Kier alpha value is -2.44. The van der Waals surface area contributed by atoms with Crippen molar-refractivity contribution in [3.63, 3.8) is 0 Å². The molecule has 1 aliphatic heterocycles. The number of nitrogens with zero attached hydrogens (tertiary/aromatic N) is 4. The summed E-state index contributed by atoms with van der Waals surface area (Å²) in [7, 11) is 0. The minimum atomic E-state index is -0.598.